The van der Waals surface area contributed by atoms with Crippen LogP contribution in [0.4, 0.5) is 0 Å². The summed E-state index contributed by atoms with van der Waals surface area (Å²) in [4.78, 5) is 3.96. The molecular formula is C12H14N2O2. The van der Waals surface area contributed by atoms with Gasteiger partial charge in [0.2, 0.25) is 0 Å². The lowest BCUT2D eigenvalue weighted by molar-refractivity contribution is 0.0355. The molecular weight excluding hydrogens is 204 g/mol. The normalized spacial score (nSPS) is 12.6. The third-order valence-corrected chi connectivity index (χ3v) is 2.30. The summed E-state index contributed by atoms with van der Waals surface area (Å²) >= 11 is 0. The Labute approximate surface area is 94.1 Å². The molecule has 0 amide bonds. The van der Waals surface area contributed by atoms with E-state index >= 15 is 0 Å². The van der Waals surface area contributed by atoms with Crippen LogP contribution in [0.3, 0.4) is 0 Å². The van der Waals surface area contributed by atoms with Gasteiger partial charge in [-0.3, -0.25) is 4.98 Å². The second-order valence-electron chi connectivity index (χ2n) is 3.40. The lowest BCUT2D eigenvalue weighted by Crippen LogP contribution is -2.15. The SMILES string of the molecule is NCC(OCc1ccco1)c1ccncc1. The summed E-state index contributed by atoms with van der Waals surface area (Å²) in [6, 6.07) is 7.52. The summed E-state index contributed by atoms with van der Waals surface area (Å²) in [5.41, 5.74) is 6.70. The Morgan fingerprint density at radius 1 is 1.31 bits per heavy atom. The zero-order valence-corrected chi connectivity index (χ0v) is 8.87. The third kappa shape index (κ3) is 2.68. The van der Waals surface area contributed by atoms with Gasteiger partial charge in [-0.2, -0.15) is 0 Å². The number of ether oxygens (including phenoxy) is 1. The van der Waals surface area contributed by atoms with Crippen LogP contribution in [0.2, 0.25) is 0 Å². The first-order chi connectivity index (χ1) is 7.90. The first-order valence-corrected chi connectivity index (χ1v) is 5.14. The number of hydrogen-bond acceptors (Lipinski definition) is 4. The van der Waals surface area contributed by atoms with Gasteiger partial charge in [-0.05, 0) is 29.8 Å². The molecule has 84 valence electrons. The highest BCUT2D eigenvalue weighted by molar-refractivity contribution is 5.13. The van der Waals surface area contributed by atoms with Gasteiger partial charge in [0.25, 0.3) is 0 Å². The van der Waals surface area contributed by atoms with Crippen molar-refractivity contribution in [3.05, 3.63) is 54.2 Å². The van der Waals surface area contributed by atoms with E-state index in [1.54, 1.807) is 18.7 Å². The topological polar surface area (TPSA) is 61.3 Å². The van der Waals surface area contributed by atoms with Crippen LogP contribution >= 0.6 is 0 Å². The molecule has 0 saturated heterocycles. The molecule has 0 aliphatic carbocycles. The molecule has 2 aromatic rings. The van der Waals surface area contributed by atoms with Gasteiger partial charge >= 0.3 is 0 Å². The van der Waals surface area contributed by atoms with Crippen LogP contribution in [0.15, 0.2) is 47.3 Å². The zero-order chi connectivity index (χ0) is 11.2. The second-order valence-corrected chi connectivity index (χ2v) is 3.40. The maximum Gasteiger partial charge on any atom is 0.129 e. The molecule has 0 fully saturated rings. The highest BCUT2D eigenvalue weighted by atomic mass is 16.5. The summed E-state index contributed by atoms with van der Waals surface area (Å²) in [5, 5.41) is 0. The fraction of sp³-hybridized carbons (Fsp3) is 0.250. The van der Waals surface area contributed by atoms with E-state index in [1.807, 2.05) is 24.3 Å². The van der Waals surface area contributed by atoms with Crippen LogP contribution in [0, 0.1) is 0 Å². The molecule has 16 heavy (non-hydrogen) atoms. The molecule has 0 radical (unpaired) electrons. The minimum Gasteiger partial charge on any atom is -0.467 e. The molecule has 2 aromatic heterocycles. The van der Waals surface area contributed by atoms with Gasteiger partial charge in [0.1, 0.15) is 12.4 Å². The van der Waals surface area contributed by atoms with Crippen molar-refractivity contribution in [1.29, 1.82) is 0 Å². The van der Waals surface area contributed by atoms with Crippen LogP contribution in [-0.4, -0.2) is 11.5 Å². The minimum atomic E-state index is -0.118. The molecule has 0 saturated carbocycles. The van der Waals surface area contributed by atoms with E-state index in [0.717, 1.165) is 11.3 Å². The van der Waals surface area contributed by atoms with Crippen LogP contribution in [0.25, 0.3) is 0 Å². The Morgan fingerprint density at radius 2 is 2.12 bits per heavy atom. The molecule has 0 aliphatic heterocycles. The Bertz CT molecular complexity index is 400. The van der Waals surface area contributed by atoms with Gasteiger partial charge in [-0.1, -0.05) is 0 Å². The van der Waals surface area contributed by atoms with Crippen molar-refractivity contribution in [2.75, 3.05) is 6.54 Å². The molecule has 2 heterocycles. The monoisotopic (exact) mass is 218 g/mol. The van der Waals surface area contributed by atoms with Gasteiger partial charge in [0.15, 0.2) is 0 Å². The van der Waals surface area contributed by atoms with E-state index < -0.39 is 0 Å². The summed E-state index contributed by atoms with van der Waals surface area (Å²) < 4.78 is 10.9. The number of hydrogen-bond donors (Lipinski definition) is 1. The van der Waals surface area contributed by atoms with Crippen LogP contribution in [-0.2, 0) is 11.3 Å². The Hall–Kier alpha value is -1.65. The summed E-state index contributed by atoms with van der Waals surface area (Å²) in [5.74, 6) is 0.799. The van der Waals surface area contributed by atoms with Crippen molar-refractivity contribution >= 4 is 0 Å². The predicted molar refractivity (Wildman–Crippen MR) is 59.5 cm³/mol. The number of pyridine rings is 1. The lowest BCUT2D eigenvalue weighted by Gasteiger charge is -2.15. The smallest absolute Gasteiger partial charge is 0.129 e. The maximum atomic E-state index is 5.68. The highest BCUT2D eigenvalue weighted by Crippen LogP contribution is 2.17. The number of aromatic nitrogens is 1. The average Bonchev–Trinajstić information content (AvgIpc) is 2.84. The maximum absolute atomic E-state index is 5.68. The summed E-state index contributed by atoms with van der Waals surface area (Å²) in [6.07, 6.45) is 4.97. The van der Waals surface area contributed by atoms with E-state index in [-0.39, 0.29) is 6.10 Å². The van der Waals surface area contributed by atoms with Crippen molar-refractivity contribution in [1.82, 2.24) is 4.98 Å². The first kappa shape index (κ1) is 10.9. The fourth-order valence-corrected chi connectivity index (χ4v) is 1.46. The van der Waals surface area contributed by atoms with Crippen molar-refractivity contribution in [3.63, 3.8) is 0 Å². The molecule has 2 rings (SSSR count). The van der Waals surface area contributed by atoms with Crippen molar-refractivity contribution in [2.24, 2.45) is 5.73 Å². The van der Waals surface area contributed by atoms with Crippen LogP contribution in [0.1, 0.15) is 17.4 Å². The number of rotatable bonds is 5. The largest absolute Gasteiger partial charge is 0.467 e. The average molecular weight is 218 g/mol. The third-order valence-electron chi connectivity index (χ3n) is 2.30. The fourth-order valence-electron chi connectivity index (χ4n) is 1.46. The molecule has 1 unspecified atom stereocenters. The molecule has 1 atom stereocenters. The number of nitrogens with zero attached hydrogens (tertiary/aromatic N) is 1. The van der Waals surface area contributed by atoms with E-state index in [2.05, 4.69) is 4.98 Å². The van der Waals surface area contributed by atoms with Crippen LogP contribution < -0.4 is 5.73 Å². The minimum absolute atomic E-state index is 0.118. The van der Waals surface area contributed by atoms with E-state index in [9.17, 15) is 0 Å². The van der Waals surface area contributed by atoms with E-state index in [1.165, 1.54) is 0 Å². The van der Waals surface area contributed by atoms with Crippen molar-refractivity contribution < 1.29 is 9.15 Å². The lowest BCUT2D eigenvalue weighted by atomic mass is 10.1. The Morgan fingerprint density at radius 3 is 2.75 bits per heavy atom. The zero-order valence-electron chi connectivity index (χ0n) is 8.87. The van der Waals surface area contributed by atoms with Gasteiger partial charge in [-0.15, -0.1) is 0 Å². The standard InChI is InChI=1S/C12H14N2O2/c13-8-12(10-3-5-14-6-4-10)16-9-11-2-1-7-15-11/h1-7,12H,8-9,13H2. The number of furan rings is 1. The highest BCUT2D eigenvalue weighted by Gasteiger charge is 2.10. The predicted octanol–water partition coefficient (Wildman–Crippen LogP) is 1.89. The Kier molecular flexibility index (Phi) is 3.69. The number of nitrogens with two attached hydrogens (primary N) is 1. The van der Waals surface area contributed by atoms with Crippen molar-refractivity contribution in [2.45, 2.75) is 12.7 Å². The van der Waals surface area contributed by atoms with Gasteiger partial charge in [-0.25, -0.2) is 0 Å². The Balaban J connectivity index is 1.96. The molecule has 0 aliphatic rings. The van der Waals surface area contributed by atoms with Gasteiger partial charge < -0.3 is 14.9 Å². The van der Waals surface area contributed by atoms with Crippen molar-refractivity contribution in [3.8, 4) is 0 Å². The van der Waals surface area contributed by atoms with E-state index in [0.29, 0.717) is 13.2 Å². The van der Waals surface area contributed by atoms with E-state index in [4.69, 9.17) is 14.9 Å². The van der Waals surface area contributed by atoms with Gasteiger partial charge in [0, 0.05) is 18.9 Å². The first-order valence-electron chi connectivity index (χ1n) is 5.14. The molecule has 2 N–H and O–H groups in total. The molecule has 0 spiro atoms. The summed E-state index contributed by atoms with van der Waals surface area (Å²) in [7, 11) is 0. The quantitative estimate of drug-likeness (QED) is 0.832. The molecule has 4 nitrogen and oxygen atoms in total. The molecule has 0 bridgehead atoms. The molecule has 4 heteroatoms. The van der Waals surface area contributed by atoms with Gasteiger partial charge in [0.05, 0.1) is 12.4 Å². The second kappa shape index (κ2) is 5.44. The van der Waals surface area contributed by atoms with Crippen LogP contribution in [0.5, 0.6) is 0 Å². The summed E-state index contributed by atoms with van der Waals surface area (Å²) in [6.45, 7) is 0.863. The molecule has 0 aromatic carbocycles.